The van der Waals surface area contributed by atoms with Crippen LogP contribution in [-0.2, 0) is 38.1 Å². The van der Waals surface area contributed by atoms with Crippen LogP contribution in [0.1, 0.15) is 46.5 Å². The van der Waals surface area contributed by atoms with Crippen molar-refractivity contribution in [1.29, 1.82) is 0 Å². The Kier molecular flexibility index (Phi) is 11.2. The average molecular weight is 469 g/mol. The van der Waals surface area contributed by atoms with Gasteiger partial charge in [-0.25, -0.2) is 0 Å². The Morgan fingerprint density at radius 3 is 2.52 bits per heavy atom. The van der Waals surface area contributed by atoms with Gasteiger partial charge in [-0.3, -0.25) is 14.4 Å². The van der Waals surface area contributed by atoms with Crippen molar-refractivity contribution in [3.05, 3.63) is 24.3 Å². The van der Waals surface area contributed by atoms with E-state index in [4.69, 9.17) is 23.7 Å². The summed E-state index contributed by atoms with van der Waals surface area (Å²) < 4.78 is 27.4. The van der Waals surface area contributed by atoms with E-state index in [2.05, 4.69) is 0 Å². The molecule has 2 rings (SSSR count). The number of rotatable bonds is 4. The lowest BCUT2D eigenvalue weighted by Crippen LogP contribution is -2.47. The van der Waals surface area contributed by atoms with Crippen LogP contribution in [0.25, 0.3) is 0 Å². The molecule has 0 amide bonds. The predicted octanol–water partition coefficient (Wildman–Crippen LogP) is 2.11. The van der Waals surface area contributed by atoms with E-state index < -0.39 is 54.5 Å². The molecule has 0 radical (unpaired) electrons. The van der Waals surface area contributed by atoms with Gasteiger partial charge in [-0.05, 0) is 25.3 Å². The van der Waals surface area contributed by atoms with Crippen molar-refractivity contribution in [3.8, 4) is 0 Å². The second kappa shape index (κ2) is 13.6. The van der Waals surface area contributed by atoms with Crippen LogP contribution in [-0.4, -0.2) is 73.9 Å². The van der Waals surface area contributed by atoms with Gasteiger partial charge in [0.05, 0.1) is 25.7 Å². The fourth-order valence-electron chi connectivity index (χ4n) is 4.10. The van der Waals surface area contributed by atoms with Gasteiger partial charge in [0.2, 0.25) is 0 Å². The number of ether oxygens (including phenoxy) is 5. The highest BCUT2D eigenvalue weighted by Gasteiger charge is 2.40. The molecular formula is C24H36O9. The molecule has 9 heteroatoms. The average Bonchev–Trinajstić information content (AvgIpc) is 3.25. The third-order valence-corrected chi connectivity index (χ3v) is 5.78. The Morgan fingerprint density at radius 2 is 1.88 bits per heavy atom. The Labute approximate surface area is 195 Å². The number of carbonyl (C=O) groups is 3. The highest BCUT2D eigenvalue weighted by Crippen LogP contribution is 2.30. The minimum absolute atomic E-state index is 0.0813. The van der Waals surface area contributed by atoms with E-state index in [1.165, 1.54) is 20.1 Å². The van der Waals surface area contributed by atoms with Gasteiger partial charge in [0.1, 0.15) is 18.3 Å². The summed E-state index contributed by atoms with van der Waals surface area (Å²) in [5.74, 6) is -2.14. The second-order valence-corrected chi connectivity index (χ2v) is 8.57. The van der Waals surface area contributed by atoms with E-state index in [1.54, 1.807) is 32.1 Å². The van der Waals surface area contributed by atoms with Crippen LogP contribution in [0.15, 0.2) is 24.3 Å². The van der Waals surface area contributed by atoms with E-state index in [0.717, 1.165) is 0 Å². The lowest BCUT2D eigenvalue weighted by Gasteiger charge is -2.35. The molecule has 0 aromatic rings. The number of methoxy groups -OCH3 is 1. The van der Waals surface area contributed by atoms with Crippen LogP contribution in [0, 0.1) is 11.8 Å². The van der Waals surface area contributed by atoms with Crippen LogP contribution in [0.4, 0.5) is 0 Å². The molecule has 0 spiro atoms. The normalized spacial score (nSPS) is 35.1. The first kappa shape index (κ1) is 27.2. The molecule has 6 unspecified atom stereocenters. The fourth-order valence-corrected chi connectivity index (χ4v) is 4.10. The molecule has 33 heavy (non-hydrogen) atoms. The smallest absolute Gasteiger partial charge is 0.309 e. The zero-order valence-corrected chi connectivity index (χ0v) is 19.8. The number of ketones is 1. The molecule has 2 heterocycles. The molecule has 0 aromatic heterocycles. The number of aliphatic hydroxyl groups excluding tert-OH is 1. The van der Waals surface area contributed by atoms with Gasteiger partial charge >= 0.3 is 11.9 Å². The summed E-state index contributed by atoms with van der Waals surface area (Å²) in [5, 5.41) is 11.3. The number of hydrogen-bond donors (Lipinski definition) is 1. The summed E-state index contributed by atoms with van der Waals surface area (Å²) in [6.45, 7) is 5.65. The van der Waals surface area contributed by atoms with Gasteiger partial charge < -0.3 is 28.8 Å². The molecule has 9 nitrogen and oxygen atoms in total. The maximum absolute atomic E-state index is 12.6. The molecule has 2 aliphatic rings. The second-order valence-electron chi connectivity index (χ2n) is 8.57. The number of cyclic esters (lactones) is 1. The predicted molar refractivity (Wildman–Crippen MR) is 118 cm³/mol. The summed E-state index contributed by atoms with van der Waals surface area (Å²) in [6, 6.07) is 0. The number of hydrogen-bond acceptors (Lipinski definition) is 9. The van der Waals surface area contributed by atoms with Gasteiger partial charge in [0, 0.05) is 32.8 Å². The van der Waals surface area contributed by atoms with E-state index >= 15 is 0 Å². The van der Waals surface area contributed by atoms with Crippen molar-refractivity contribution in [2.75, 3.05) is 20.3 Å². The van der Waals surface area contributed by atoms with Crippen molar-refractivity contribution < 1.29 is 43.2 Å². The van der Waals surface area contributed by atoms with Gasteiger partial charge in [-0.15, -0.1) is 0 Å². The fraction of sp³-hybridized carbons (Fsp3) is 0.708. The third kappa shape index (κ3) is 9.00. The Bertz CT molecular complexity index is 711. The van der Waals surface area contributed by atoms with Crippen LogP contribution >= 0.6 is 0 Å². The number of allylic oxidation sites excluding steroid dienone is 3. The topological polar surface area (TPSA) is 118 Å². The standard InChI is InChI=1S/C24H36O9/c1-15-12-18(13-22-30-10-11-31-22)23(28)24(29-4)20(33-17(3)25)14-21(27)32-16(2)8-6-5-7-9-19(15)26/h5-7,9,15-16,18,20,22-24,28H,8,10-14H2,1-4H3/b6-5-,9-7-. The molecule has 1 fully saturated rings. The third-order valence-electron chi connectivity index (χ3n) is 5.78. The molecule has 0 aliphatic carbocycles. The van der Waals surface area contributed by atoms with Crippen molar-refractivity contribution in [2.24, 2.45) is 11.8 Å². The summed E-state index contributed by atoms with van der Waals surface area (Å²) in [5.41, 5.74) is 0. The summed E-state index contributed by atoms with van der Waals surface area (Å²) in [4.78, 5) is 36.9. The number of carbonyl (C=O) groups excluding carboxylic acids is 3. The van der Waals surface area contributed by atoms with Crippen LogP contribution in [0.3, 0.4) is 0 Å². The van der Waals surface area contributed by atoms with Crippen LogP contribution in [0.2, 0.25) is 0 Å². The zero-order chi connectivity index (χ0) is 24.4. The number of esters is 2. The molecule has 0 aromatic carbocycles. The molecule has 0 saturated carbocycles. The molecule has 1 N–H and O–H groups in total. The molecule has 6 atom stereocenters. The molecule has 186 valence electrons. The Hall–Kier alpha value is -2.07. The number of aliphatic hydroxyl groups is 1. The Morgan fingerprint density at radius 1 is 1.18 bits per heavy atom. The maximum atomic E-state index is 12.6. The van der Waals surface area contributed by atoms with Gasteiger partial charge in [0.15, 0.2) is 12.1 Å². The van der Waals surface area contributed by atoms with Crippen LogP contribution < -0.4 is 0 Å². The molecular weight excluding hydrogens is 432 g/mol. The van der Waals surface area contributed by atoms with Gasteiger partial charge in [-0.1, -0.05) is 25.2 Å². The van der Waals surface area contributed by atoms with Crippen molar-refractivity contribution in [2.45, 2.75) is 77.2 Å². The summed E-state index contributed by atoms with van der Waals surface area (Å²) in [6.07, 6.45) is 3.32. The maximum Gasteiger partial charge on any atom is 0.309 e. The first-order valence-corrected chi connectivity index (χ1v) is 11.4. The van der Waals surface area contributed by atoms with Crippen molar-refractivity contribution in [1.82, 2.24) is 0 Å². The Balaban J connectivity index is 2.35. The SMILES string of the molecule is COC1C(OC(C)=O)CC(=O)OC(C)C/C=C\C=C/C(=O)C(C)CC(CC2OCCO2)C1O. The zero-order valence-electron chi connectivity index (χ0n) is 19.8. The quantitative estimate of drug-likeness (QED) is 0.619. The highest BCUT2D eigenvalue weighted by molar-refractivity contribution is 5.91. The molecule has 1 saturated heterocycles. The first-order valence-electron chi connectivity index (χ1n) is 11.4. The van der Waals surface area contributed by atoms with E-state index in [0.29, 0.717) is 32.5 Å². The summed E-state index contributed by atoms with van der Waals surface area (Å²) in [7, 11) is 1.37. The largest absolute Gasteiger partial charge is 0.462 e. The summed E-state index contributed by atoms with van der Waals surface area (Å²) >= 11 is 0. The minimum atomic E-state index is -1.16. The van der Waals surface area contributed by atoms with E-state index in [9.17, 15) is 19.5 Å². The lowest BCUT2D eigenvalue weighted by molar-refractivity contribution is -0.173. The van der Waals surface area contributed by atoms with Gasteiger partial charge in [-0.2, -0.15) is 0 Å². The van der Waals surface area contributed by atoms with Crippen molar-refractivity contribution >= 4 is 17.7 Å². The van der Waals surface area contributed by atoms with E-state index in [-0.39, 0.29) is 12.2 Å². The van der Waals surface area contributed by atoms with Gasteiger partial charge in [0.25, 0.3) is 0 Å². The lowest BCUT2D eigenvalue weighted by atomic mass is 9.82. The van der Waals surface area contributed by atoms with Crippen LogP contribution in [0.5, 0.6) is 0 Å². The molecule has 0 bridgehead atoms. The monoisotopic (exact) mass is 468 g/mol. The minimum Gasteiger partial charge on any atom is -0.462 e. The van der Waals surface area contributed by atoms with E-state index in [1.807, 2.05) is 0 Å². The first-order chi connectivity index (χ1) is 15.7. The van der Waals surface area contributed by atoms with Crippen molar-refractivity contribution in [3.63, 3.8) is 0 Å². The highest BCUT2D eigenvalue weighted by atomic mass is 16.7. The molecule has 2 aliphatic heterocycles.